The summed E-state index contributed by atoms with van der Waals surface area (Å²) >= 11 is 6.40. The maximum absolute atomic E-state index is 12.6. The highest BCUT2D eigenvalue weighted by Crippen LogP contribution is 2.38. The lowest BCUT2D eigenvalue weighted by Crippen LogP contribution is -2.10. The molecule has 0 N–H and O–H groups in total. The molecule has 0 spiro atoms. The third-order valence-corrected chi connectivity index (χ3v) is 5.28. The normalized spacial score (nSPS) is 14.1. The van der Waals surface area contributed by atoms with E-state index in [1.807, 2.05) is 44.2 Å². The first kappa shape index (κ1) is 22.3. The van der Waals surface area contributed by atoms with Crippen LogP contribution in [0.4, 0.5) is 0 Å². The molecule has 0 amide bonds. The summed E-state index contributed by atoms with van der Waals surface area (Å²) in [5.74, 6) is -0.558. The van der Waals surface area contributed by atoms with E-state index < -0.39 is 11.9 Å². The van der Waals surface area contributed by atoms with E-state index in [1.165, 1.54) is 13.2 Å². The first-order chi connectivity index (χ1) is 15.9. The molecule has 0 saturated carbocycles. The Balaban J connectivity index is 1.64. The van der Waals surface area contributed by atoms with Crippen LogP contribution in [0.3, 0.4) is 0 Å². The average Bonchev–Trinajstić information content (AvgIpc) is 3.15. The van der Waals surface area contributed by atoms with Crippen LogP contribution in [0, 0.1) is 13.8 Å². The quantitative estimate of drug-likeness (QED) is 0.284. The number of halogens is 1. The molecule has 3 aromatic carbocycles. The second-order valence-electron chi connectivity index (χ2n) is 7.44. The van der Waals surface area contributed by atoms with Crippen molar-refractivity contribution >= 4 is 35.5 Å². The second kappa shape index (κ2) is 9.30. The topological polar surface area (TPSA) is 74.2 Å². The van der Waals surface area contributed by atoms with E-state index >= 15 is 0 Å². The molecule has 1 aliphatic heterocycles. The highest BCUT2D eigenvalue weighted by atomic mass is 35.5. The van der Waals surface area contributed by atoms with Gasteiger partial charge in [0.1, 0.15) is 0 Å². The van der Waals surface area contributed by atoms with Crippen LogP contribution < -0.4 is 9.47 Å². The molecule has 0 aromatic heterocycles. The largest absolute Gasteiger partial charge is 0.493 e. The van der Waals surface area contributed by atoms with Crippen LogP contribution in [0.15, 0.2) is 71.4 Å². The summed E-state index contributed by atoms with van der Waals surface area (Å²) in [5.41, 5.74) is 3.66. The van der Waals surface area contributed by atoms with Crippen LogP contribution >= 0.6 is 11.6 Å². The van der Waals surface area contributed by atoms with Gasteiger partial charge in [-0.25, -0.2) is 14.6 Å². The monoisotopic (exact) mass is 461 g/mol. The van der Waals surface area contributed by atoms with E-state index in [0.29, 0.717) is 11.1 Å². The maximum Gasteiger partial charge on any atom is 0.363 e. The van der Waals surface area contributed by atoms with E-state index in [1.54, 1.807) is 30.3 Å². The fourth-order valence-corrected chi connectivity index (χ4v) is 3.60. The zero-order chi connectivity index (χ0) is 23.5. The number of nitrogens with zero attached hydrogens (tertiary/aromatic N) is 1. The van der Waals surface area contributed by atoms with E-state index in [2.05, 4.69) is 4.99 Å². The van der Waals surface area contributed by atoms with Crippen molar-refractivity contribution in [3.8, 4) is 11.5 Å². The average molecular weight is 462 g/mol. The Morgan fingerprint density at radius 1 is 1.06 bits per heavy atom. The van der Waals surface area contributed by atoms with Crippen molar-refractivity contribution in [1.29, 1.82) is 0 Å². The van der Waals surface area contributed by atoms with Crippen LogP contribution in [-0.2, 0) is 9.53 Å². The van der Waals surface area contributed by atoms with E-state index in [4.69, 9.17) is 25.8 Å². The molecule has 0 unspecified atom stereocenters. The summed E-state index contributed by atoms with van der Waals surface area (Å²) in [5, 5.41) is 0.150. The summed E-state index contributed by atoms with van der Waals surface area (Å²) in [6, 6.07) is 17.7. The zero-order valence-electron chi connectivity index (χ0n) is 18.2. The van der Waals surface area contributed by atoms with Crippen molar-refractivity contribution < 1.29 is 23.8 Å². The van der Waals surface area contributed by atoms with E-state index in [0.717, 1.165) is 16.7 Å². The first-order valence-corrected chi connectivity index (χ1v) is 10.5. The molecule has 0 saturated heterocycles. The van der Waals surface area contributed by atoms with Crippen LogP contribution in [0.5, 0.6) is 11.5 Å². The lowest BCUT2D eigenvalue weighted by atomic mass is 10.1. The number of cyclic esters (lactones) is 1. The number of ether oxygens (including phenoxy) is 3. The van der Waals surface area contributed by atoms with Crippen molar-refractivity contribution in [3.05, 3.63) is 99.2 Å². The van der Waals surface area contributed by atoms with Crippen LogP contribution in [0.2, 0.25) is 5.02 Å². The molecule has 0 atom stereocenters. The summed E-state index contributed by atoms with van der Waals surface area (Å²) in [7, 11) is 1.44. The number of carbonyl (C=O) groups excluding carboxylic acids is 2. The smallest absolute Gasteiger partial charge is 0.363 e. The minimum Gasteiger partial charge on any atom is -0.493 e. The molecular formula is C26H20ClNO5. The minimum absolute atomic E-state index is 0.0888. The highest BCUT2D eigenvalue weighted by molar-refractivity contribution is 6.32. The Morgan fingerprint density at radius 3 is 2.58 bits per heavy atom. The van der Waals surface area contributed by atoms with Crippen LogP contribution in [0.1, 0.15) is 32.6 Å². The Labute approximate surface area is 196 Å². The molecule has 0 radical (unpaired) electrons. The van der Waals surface area contributed by atoms with E-state index in [-0.39, 0.29) is 28.1 Å². The van der Waals surface area contributed by atoms with Gasteiger partial charge < -0.3 is 14.2 Å². The number of esters is 2. The Kier molecular flexibility index (Phi) is 6.29. The van der Waals surface area contributed by atoms with Crippen LogP contribution in [0.25, 0.3) is 6.08 Å². The molecule has 3 aromatic rings. The number of methoxy groups -OCH3 is 1. The molecule has 1 aliphatic rings. The van der Waals surface area contributed by atoms with Crippen molar-refractivity contribution in [1.82, 2.24) is 0 Å². The number of carbonyl (C=O) groups is 2. The number of hydrogen-bond acceptors (Lipinski definition) is 6. The molecule has 6 nitrogen and oxygen atoms in total. The Hall–Kier alpha value is -3.90. The van der Waals surface area contributed by atoms with Gasteiger partial charge in [0.05, 0.1) is 17.7 Å². The van der Waals surface area contributed by atoms with Crippen molar-refractivity contribution in [3.63, 3.8) is 0 Å². The minimum atomic E-state index is -0.571. The maximum atomic E-state index is 12.6. The fraction of sp³-hybridized carbons (Fsp3) is 0.115. The molecule has 0 aliphatic carbocycles. The summed E-state index contributed by atoms with van der Waals surface area (Å²) in [4.78, 5) is 29.3. The predicted molar refractivity (Wildman–Crippen MR) is 126 cm³/mol. The lowest BCUT2D eigenvalue weighted by molar-refractivity contribution is -0.129. The SMILES string of the molecule is COc1cc(/C=C2\N=C(c3ccccc3C)OC2=O)cc(Cl)c1OC(=O)c1cccc(C)c1. The van der Waals surface area contributed by atoms with Gasteiger partial charge in [-0.3, -0.25) is 0 Å². The fourth-order valence-electron chi connectivity index (χ4n) is 3.34. The van der Waals surface area contributed by atoms with Crippen molar-refractivity contribution in [2.75, 3.05) is 7.11 Å². The van der Waals surface area contributed by atoms with Gasteiger partial charge in [0.25, 0.3) is 0 Å². The van der Waals surface area contributed by atoms with Crippen LogP contribution in [-0.4, -0.2) is 24.9 Å². The molecule has 33 heavy (non-hydrogen) atoms. The van der Waals surface area contributed by atoms with E-state index in [9.17, 15) is 9.59 Å². The van der Waals surface area contributed by atoms with Crippen molar-refractivity contribution in [2.45, 2.75) is 13.8 Å². The van der Waals surface area contributed by atoms with Gasteiger partial charge in [0.2, 0.25) is 5.90 Å². The molecule has 0 bridgehead atoms. The molecule has 0 fully saturated rings. The van der Waals surface area contributed by atoms with Crippen molar-refractivity contribution in [2.24, 2.45) is 4.99 Å². The molecule has 7 heteroatoms. The van der Waals surface area contributed by atoms with Gasteiger partial charge in [-0.2, -0.15) is 0 Å². The zero-order valence-corrected chi connectivity index (χ0v) is 19.0. The third kappa shape index (κ3) is 4.81. The van der Waals surface area contributed by atoms with Gasteiger partial charge in [-0.15, -0.1) is 0 Å². The number of hydrogen-bond donors (Lipinski definition) is 0. The number of rotatable bonds is 5. The molecule has 166 valence electrons. The first-order valence-electron chi connectivity index (χ1n) is 10.1. The second-order valence-corrected chi connectivity index (χ2v) is 7.85. The lowest BCUT2D eigenvalue weighted by Gasteiger charge is -2.12. The predicted octanol–water partition coefficient (Wildman–Crippen LogP) is 5.53. The highest BCUT2D eigenvalue weighted by Gasteiger charge is 2.25. The summed E-state index contributed by atoms with van der Waals surface area (Å²) in [6.07, 6.45) is 1.54. The molecule has 1 heterocycles. The number of benzene rings is 3. The standard InChI is InChI=1S/C26H20ClNO5/c1-15-7-6-9-18(11-15)25(29)32-23-20(27)12-17(14-22(23)31-3)13-21-26(30)33-24(28-21)19-10-5-4-8-16(19)2/h4-14H,1-3H3/b21-13-. The number of aryl methyl sites for hydroxylation is 2. The molecule has 4 rings (SSSR count). The van der Waals surface area contributed by atoms with Gasteiger partial charge >= 0.3 is 11.9 Å². The van der Waals surface area contributed by atoms with Gasteiger partial charge in [-0.05, 0) is 61.4 Å². The van der Waals surface area contributed by atoms with Gasteiger partial charge in [0.15, 0.2) is 17.2 Å². The summed E-state index contributed by atoms with van der Waals surface area (Å²) in [6.45, 7) is 3.79. The number of aliphatic imine (C=N–C) groups is 1. The Bertz CT molecular complexity index is 1330. The molecular weight excluding hydrogens is 442 g/mol. The third-order valence-electron chi connectivity index (χ3n) is 5.00. The summed E-state index contributed by atoms with van der Waals surface area (Å²) < 4.78 is 16.2. The van der Waals surface area contributed by atoms with Gasteiger partial charge in [-0.1, -0.05) is 47.5 Å². The Morgan fingerprint density at radius 2 is 1.85 bits per heavy atom. The van der Waals surface area contributed by atoms with Gasteiger partial charge in [0, 0.05) is 5.56 Å².